The van der Waals surface area contributed by atoms with Crippen LogP contribution in [0.1, 0.15) is 12.8 Å². The quantitative estimate of drug-likeness (QED) is 0.414. The van der Waals surface area contributed by atoms with Gasteiger partial charge in [0.05, 0.1) is 6.10 Å². The van der Waals surface area contributed by atoms with Gasteiger partial charge >= 0.3 is 0 Å². The van der Waals surface area contributed by atoms with Gasteiger partial charge in [0, 0.05) is 17.9 Å². The average molecular weight is 233 g/mol. The fourth-order valence-electron chi connectivity index (χ4n) is 1.36. The summed E-state index contributed by atoms with van der Waals surface area (Å²) in [6, 6.07) is 0. The highest BCUT2D eigenvalue weighted by atomic mass is 79.9. The minimum absolute atomic E-state index is 0.0497. The summed E-state index contributed by atoms with van der Waals surface area (Å²) >= 11 is 3.45. The number of methoxy groups -OCH3 is 1. The van der Waals surface area contributed by atoms with Crippen molar-refractivity contribution in [1.82, 2.24) is 0 Å². The maximum atomic E-state index is 10.7. The zero-order chi connectivity index (χ0) is 8.97. The van der Waals surface area contributed by atoms with Gasteiger partial charge in [-0.25, -0.2) is 0 Å². The van der Waals surface area contributed by atoms with Crippen molar-refractivity contribution in [2.45, 2.75) is 23.8 Å². The van der Waals surface area contributed by atoms with E-state index < -0.39 is 0 Å². The zero-order valence-corrected chi connectivity index (χ0v) is 8.66. The zero-order valence-electron chi connectivity index (χ0n) is 7.07. The number of carbonyl (C=O) groups is 1. The van der Waals surface area contributed by atoms with Crippen LogP contribution in [-0.4, -0.2) is 24.3 Å². The van der Waals surface area contributed by atoms with Crippen molar-refractivity contribution in [3.63, 3.8) is 0 Å². The first kappa shape index (κ1) is 9.93. The molecule has 3 unspecified atom stereocenters. The van der Waals surface area contributed by atoms with Crippen LogP contribution < -0.4 is 0 Å². The summed E-state index contributed by atoms with van der Waals surface area (Å²) in [4.78, 5) is 10.8. The summed E-state index contributed by atoms with van der Waals surface area (Å²) in [6.45, 7) is 0. The average Bonchev–Trinajstić information content (AvgIpc) is 2.27. The largest absolute Gasteiger partial charge is 0.381 e. The Bertz CT molecular complexity index is 179. The molecule has 3 atom stereocenters. The second-order valence-corrected chi connectivity index (χ2v) is 4.06. The normalized spacial score (nSPS) is 36.0. The highest BCUT2D eigenvalue weighted by molar-refractivity contribution is 9.09. The third-order valence-corrected chi connectivity index (χ3v) is 3.16. The second-order valence-electron chi connectivity index (χ2n) is 3.00. The lowest BCUT2D eigenvalue weighted by atomic mass is 10.0. The summed E-state index contributed by atoms with van der Waals surface area (Å²) < 4.78 is 5.22. The summed E-state index contributed by atoms with van der Waals surface area (Å²) in [5, 5.41) is 0. The van der Waals surface area contributed by atoms with Gasteiger partial charge in [-0.15, -0.1) is 0 Å². The van der Waals surface area contributed by atoms with Gasteiger partial charge in [0.15, 0.2) is 0 Å². The van der Waals surface area contributed by atoms with Crippen molar-refractivity contribution in [2.75, 3.05) is 7.11 Å². The van der Waals surface area contributed by atoms with Gasteiger partial charge in [-0.1, -0.05) is 28.1 Å². The smallest absolute Gasteiger partial charge is 0.124 e. The van der Waals surface area contributed by atoms with Crippen LogP contribution in [0.5, 0.6) is 0 Å². The van der Waals surface area contributed by atoms with Crippen LogP contribution >= 0.6 is 15.9 Å². The summed E-state index contributed by atoms with van der Waals surface area (Å²) in [6.07, 6.45) is 7.00. The molecule has 0 radical (unpaired) electrons. The van der Waals surface area contributed by atoms with Crippen molar-refractivity contribution in [3.05, 3.63) is 12.2 Å². The molecule has 0 aromatic rings. The molecule has 0 aliphatic heterocycles. The molecule has 0 fully saturated rings. The highest BCUT2D eigenvalue weighted by Crippen LogP contribution is 2.24. The van der Waals surface area contributed by atoms with Crippen LogP contribution in [0, 0.1) is 5.92 Å². The van der Waals surface area contributed by atoms with Crippen LogP contribution in [0.4, 0.5) is 0 Å². The molecule has 1 rings (SSSR count). The molecule has 0 saturated heterocycles. The van der Waals surface area contributed by atoms with E-state index in [2.05, 4.69) is 22.0 Å². The second kappa shape index (κ2) is 4.77. The van der Waals surface area contributed by atoms with E-state index in [1.807, 2.05) is 6.08 Å². The van der Waals surface area contributed by atoms with E-state index in [0.29, 0.717) is 0 Å². The number of carbonyl (C=O) groups excluding carboxylic acids is 1. The molecule has 12 heavy (non-hydrogen) atoms. The lowest BCUT2D eigenvalue weighted by Crippen LogP contribution is -2.19. The lowest BCUT2D eigenvalue weighted by molar-refractivity contribution is -0.111. The first-order chi connectivity index (χ1) is 5.77. The van der Waals surface area contributed by atoms with Gasteiger partial charge in [-0.05, 0) is 12.8 Å². The molecule has 0 N–H and O–H groups in total. The Labute approximate surface area is 81.1 Å². The summed E-state index contributed by atoms with van der Waals surface area (Å²) in [5.41, 5.74) is 0. The predicted molar refractivity (Wildman–Crippen MR) is 51.4 cm³/mol. The number of hydrogen-bond acceptors (Lipinski definition) is 2. The highest BCUT2D eigenvalue weighted by Gasteiger charge is 2.22. The monoisotopic (exact) mass is 232 g/mol. The predicted octanol–water partition coefficient (Wildman–Crippen LogP) is 1.93. The Balaban J connectivity index is 2.61. The third kappa shape index (κ3) is 2.42. The van der Waals surface area contributed by atoms with E-state index in [4.69, 9.17) is 4.74 Å². The molecule has 0 heterocycles. The Hall–Kier alpha value is -0.150. The summed E-state index contributed by atoms with van der Waals surface area (Å²) in [7, 11) is 1.69. The van der Waals surface area contributed by atoms with Crippen molar-refractivity contribution in [2.24, 2.45) is 5.92 Å². The number of aldehydes is 1. The molecule has 68 valence electrons. The van der Waals surface area contributed by atoms with E-state index in [1.165, 1.54) is 0 Å². The van der Waals surface area contributed by atoms with Crippen LogP contribution in [0.3, 0.4) is 0 Å². The molecule has 0 saturated carbocycles. The van der Waals surface area contributed by atoms with E-state index >= 15 is 0 Å². The van der Waals surface area contributed by atoms with E-state index in [9.17, 15) is 4.79 Å². The number of hydrogen-bond donors (Lipinski definition) is 0. The van der Waals surface area contributed by atoms with Crippen molar-refractivity contribution < 1.29 is 9.53 Å². The maximum absolute atomic E-state index is 10.7. The third-order valence-electron chi connectivity index (χ3n) is 2.17. The number of allylic oxidation sites excluding steroid dienone is 1. The van der Waals surface area contributed by atoms with Crippen LogP contribution in [0.2, 0.25) is 0 Å². The molecule has 0 bridgehead atoms. The van der Waals surface area contributed by atoms with Gasteiger partial charge in [0.2, 0.25) is 0 Å². The summed E-state index contributed by atoms with van der Waals surface area (Å²) in [5.74, 6) is 0.0497. The Morgan fingerprint density at radius 1 is 1.67 bits per heavy atom. The number of halogens is 1. The van der Waals surface area contributed by atoms with Crippen LogP contribution in [0.25, 0.3) is 0 Å². The van der Waals surface area contributed by atoms with E-state index in [-0.39, 0.29) is 16.8 Å². The number of rotatable bonds is 2. The Morgan fingerprint density at radius 2 is 2.42 bits per heavy atom. The lowest BCUT2D eigenvalue weighted by Gasteiger charge is -2.16. The molecule has 0 aromatic carbocycles. The minimum atomic E-state index is 0.0497. The Morgan fingerprint density at radius 3 is 3.00 bits per heavy atom. The molecule has 1 aliphatic carbocycles. The number of alkyl halides is 1. The van der Waals surface area contributed by atoms with Gasteiger partial charge in [-0.2, -0.15) is 0 Å². The fraction of sp³-hybridized carbons (Fsp3) is 0.667. The fourth-order valence-corrected chi connectivity index (χ4v) is 1.91. The molecule has 0 amide bonds. The van der Waals surface area contributed by atoms with Gasteiger partial charge in [-0.3, -0.25) is 0 Å². The van der Waals surface area contributed by atoms with E-state index in [1.54, 1.807) is 7.11 Å². The van der Waals surface area contributed by atoms with E-state index in [0.717, 1.165) is 19.1 Å². The van der Waals surface area contributed by atoms with Crippen molar-refractivity contribution >= 4 is 22.2 Å². The van der Waals surface area contributed by atoms with Gasteiger partial charge < -0.3 is 9.53 Å². The van der Waals surface area contributed by atoms with Crippen LogP contribution in [0.15, 0.2) is 12.2 Å². The SMILES string of the molecule is COC1CC=CC(Br)C(C=O)C1. The van der Waals surface area contributed by atoms with Gasteiger partial charge in [0.1, 0.15) is 6.29 Å². The molecule has 3 heteroatoms. The standard InChI is InChI=1S/C9H13BrO2/c1-12-8-3-2-4-9(10)7(5-8)6-11/h2,4,6-9H,3,5H2,1H3. The maximum Gasteiger partial charge on any atom is 0.124 e. The molecular formula is C9H13BrO2. The molecule has 2 nitrogen and oxygen atoms in total. The van der Waals surface area contributed by atoms with Gasteiger partial charge in [0.25, 0.3) is 0 Å². The first-order valence-electron chi connectivity index (χ1n) is 4.06. The first-order valence-corrected chi connectivity index (χ1v) is 4.98. The molecular weight excluding hydrogens is 220 g/mol. The van der Waals surface area contributed by atoms with Crippen molar-refractivity contribution in [1.29, 1.82) is 0 Å². The van der Waals surface area contributed by atoms with Crippen molar-refractivity contribution in [3.8, 4) is 0 Å². The topological polar surface area (TPSA) is 26.3 Å². The number of ether oxygens (including phenoxy) is 1. The molecule has 0 spiro atoms. The minimum Gasteiger partial charge on any atom is -0.381 e. The molecule has 0 aromatic heterocycles. The molecule has 1 aliphatic rings. The van der Waals surface area contributed by atoms with Crippen LogP contribution in [-0.2, 0) is 9.53 Å². The Kier molecular flexibility index (Phi) is 3.95.